The zero-order valence-electron chi connectivity index (χ0n) is 10.6. The molecule has 0 atom stereocenters. The third-order valence-corrected chi connectivity index (χ3v) is 3.79. The Hall–Kier alpha value is -1.95. The maximum atomic E-state index is 12.4. The summed E-state index contributed by atoms with van der Waals surface area (Å²) in [6.45, 7) is -2.94. The van der Waals surface area contributed by atoms with Gasteiger partial charge in [-0.15, -0.1) is 0 Å². The number of sulfone groups is 1. The fraction of sp³-hybridized carbons (Fsp3) is 0.143. The average molecular weight is 298 g/mol. The van der Waals surface area contributed by atoms with Crippen molar-refractivity contribution >= 4 is 9.84 Å². The molecule has 0 amide bonds. The van der Waals surface area contributed by atoms with E-state index < -0.39 is 16.4 Å². The molecule has 0 saturated carbocycles. The largest absolute Gasteiger partial charge is 0.434 e. The molecule has 0 saturated heterocycles. The smallest absolute Gasteiger partial charge is 0.387 e. The summed E-state index contributed by atoms with van der Waals surface area (Å²) in [5.74, 6) is 0.00755. The first-order valence-corrected chi connectivity index (χ1v) is 7.61. The van der Waals surface area contributed by atoms with Crippen molar-refractivity contribution in [2.75, 3.05) is 6.26 Å². The highest BCUT2D eigenvalue weighted by atomic mass is 32.2. The van der Waals surface area contributed by atoms with Gasteiger partial charge in [0.15, 0.2) is 9.84 Å². The third kappa shape index (κ3) is 3.33. The molecule has 0 N–H and O–H groups in total. The van der Waals surface area contributed by atoms with Gasteiger partial charge in [0.05, 0.1) is 4.90 Å². The second-order valence-corrected chi connectivity index (χ2v) is 6.19. The summed E-state index contributed by atoms with van der Waals surface area (Å²) >= 11 is 0. The van der Waals surface area contributed by atoms with E-state index in [1.807, 2.05) is 0 Å². The molecule has 3 nitrogen and oxygen atoms in total. The van der Waals surface area contributed by atoms with Gasteiger partial charge in [0.2, 0.25) is 0 Å². The van der Waals surface area contributed by atoms with Crippen LogP contribution in [-0.2, 0) is 9.84 Å². The lowest BCUT2D eigenvalue weighted by Crippen LogP contribution is -2.03. The molecule has 0 heterocycles. The van der Waals surface area contributed by atoms with Gasteiger partial charge in [-0.25, -0.2) is 8.42 Å². The average Bonchev–Trinajstić information content (AvgIpc) is 2.38. The molecule has 106 valence electrons. The second-order valence-electron chi connectivity index (χ2n) is 4.17. The van der Waals surface area contributed by atoms with Crippen molar-refractivity contribution in [1.82, 2.24) is 0 Å². The minimum atomic E-state index is -3.36. The number of rotatable bonds is 4. The van der Waals surface area contributed by atoms with E-state index in [1.165, 1.54) is 18.2 Å². The van der Waals surface area contributed by atoms with Gasteiger partial charge in [-0.05, 0) is 23.8 Å². The second kappa shape index (κ2) is 5.58. The number of alkyl halides is 2. The van der Waals surface area contributed by atoms with Crippen LogP contribution in [0.3, 0.4) is 0 Å². The zero-order chi connectivity index (χ0) is 14.8. The fourth-order valence-electron chi connectivity index (χ4n) is 1.80. The lowest BCUT2D eigenvalue weighted by Gasteiger charge is -2.11. The van der Waals surface area contributed by atoms with Gasteiger partial charge in [-0.2, -0.15) is 8.78 Å². The normalized spacial score (nSPS) is 11.6. The van der Waals surface area contributed by atoms with Gasteiger partial charge in [-0.3, -0.25) is 0 Å². The van der Waals surface area contributed by atoms with Crippen molar-refractivity contribution in [3.8, 4) is 16.9 Å². The maximum absolute atomic E-state index is 12.4. The summed E-state index contributed by atoms with van der Waals surface area (Å²) in [5.41, 5.74) is 0.919. The van der Waals surface area contributed by atoms with E-state index >= 15 is 0 Å². The molecule has 2 aromatic rings. The first kappa shape index (κ1) is 14.5. The lowest BCUT2D eigenvalue weighted by molar-refractivity contribution is -0.0494. The monoisotopic (exact) mass is 298 g/mol. The number of halogens is 2. The van der Waals surface area contributed by atoms with Crippen LogP contribution < -0.4 is 4.74 Å². The Labute approximate surface area is 115 Å². The first-order valence-electron chi connectivity index (χ1n) is 5.72. The van der Waals surface area contributed by atoms with Crippen LogP contribution in [-0.4, -0.2) is 21.3 Å². The predicted octanol–water partition coefficient (Wildman–Crippen LogP) is 3.36. The number of hydrogen-bond donors (Lipinski definition) is 0. The molecule has 20 heavy (non-hydrogen) atoms. The van der Waals surface area contributed by atoms with E-state index in [1.54, 1.807) is 30.3 Å². The van der Waals surface area contributed by atoms with Crippen LogP contribution in [0.25, 0.3) is 11.1 Å². The molecule has 6 heteroatoms. The summed E-state index contributed by atoms with van der Waals surface area (Å²) in [5, 5.41) is 0. The van der Waals surface area contributed by atoms with E-state index in [0.29, 0.717) is 11.1 Å². The van der Waals surface area contributed by atoms with Crippen molar-refractivity contribution in [2.24, 2.45) is 0 Å². The quantitative estimate of drug-likeness (QED) is 0.869. The molecule has 0 unspecified atom stereocenters. The summed E-state index contributed by atoms with van der Waals surface area (Å²) in [6.07, 6.45) is 1.09. The molecule has 0 aliphatic carbocycles. The molecule has 0 spiro atoms. The van der Waals surface area contributed by atoms with Crippen LogP contribution in [0, 0.1) is 0 Å². The minimum Gasteiger partial charge on any atom is -0.434 e. The van der Waals surface area contributed by atoms with Gasteiger partial charge in [-0.1, -0.05) is 30.3 Å². The number of para-hydroxylation sites is 1. The Kier molecular flexibility index (Phi) is 4.04. The molecule has 0 fully saturated rings. The summed E-state index contributed by atoms with van der Waals surface area (Å²) < 4.78 is 52.2. The summed E-state index contributed by atoms with van der Waals surface area (Å²) in [7, 11) is -3.36. The Balaban J connectivity index is 2.52. The molecule has 0 aliphatic heterocycles. The Morgan fingerprint density at radius 3 is 2.40 bits per heavy atom. The standard InChI is InChI=1S/C14H12F2O3S/c1-20(17,18)11-6-4-5-10(9-11)12-7-2-3-8-13(12)19-14(15)16/h2-9,14H,1H3. The molecule has 0 aromatic heterocycles. The van der Waals surface area contributed by atoms with Gasteiger partial charge in [0.1, 0.15) is 5.75 Å². The van der Waals surface area contributed by atoms with Crippen molar-refractivity contribution in [3.63, 3.8) is 0 Å². The fourth-order valence-corrected chi connectivity index (χ4v) is 2.46. The van der Waals surface area contributed by atoms with Gasteiger partial charge in [0.25, 0.3) is 0 Å². The van der Waals surface area contributed by atoms with Crippen LogP contribution >= 0.6 is 0 Å². The Morgan fingerprint density at radius 1 is 1.05 bits per heavy atom. The summed E-state index contributed by atoms with van der Waals surface area (Å²) in [6, 6.07) is 12.3. The Morgan fingerprint density at radius 2 is 1.75 bits per heavy atom. The van der Waals surface area contributed by atoms with Crippen LogP contribution in [0.5, 0.6) is 5.75 Å². The number of benzene rings is 2. The Bertz CT molecular complexity index is 712. The third-order valence-electron chi connectivity index (χ3n) is 2.68. The molecule has 0 radical (unpaired) electrons. The molecule has 2 aromatic carbocycles. The number of ether oxygens (including phenoxy) is 1. The molecular weight excluding hydrogens is 286 g/mol. The summed E-state index contributed by atoms with van der Waals surface area (Å²) in [4.78, 5) is 0.127. The molecule has 0 aliphatic rings. The highest BCUT2D eigenvalue weighted by Crippen LogP contribution is 2.31. The SMILES string of the molecule is CS(=O)(=O)c1cccc(-c2ccccc2OC(F)F)c1. The first-order chi connectivity index (χ1) is 9.38. The van der Waals surface area contributed by atoms with E-state index in [-0.39, 0.29) is 10.6 Å². The van der Waals surface area contributed by atoms with Crippen LogP contribution in [0.2, 0.25) is 0 Å². The van der Waals surface area contributed by atoms with Crippen molar-refractivity contribution in [1.29, 1.82) is 0 Å². The van der Waals surface area contributed by atoms with Crippen molar-refractivity contribution in [2.45, 2.75) is 11.5 Å². The molecular formula is C14H12F2O3S. The topological polar surface area (TPSA) is 43.4 Å². The minimum absolute atomic E-state index is 0.00755. The van der Waals surface area contributed by atoms with Gasteiger partial charge >= 0.3 is 6.61 Å². The molecule has 0 bridgehead atoms. The maximum Gasteiger partial charge on any atom is 0.387 e. The van der Waals surface area contributed by atoms with Crippen molar-refractivity contribution < 1.29 is 21.9 Å². The highest BCUT2D eigenvalue weighted by molar-refractivity contribution is 7.90. The van der Waals surface area contributed by atoms with E-state index in [9.17, 15) is 17.2 Å². The van der Waals surface area contributed by atoms with Gasteiger partial charge < -0.3 is 4.74 Å². The number of hydrogen-bond acceptors (Lipinski definition) is 3. The lowest BCUT2D eigenvalue weighted by atomic mass is 10.1. The van der Waals surface area contributed by atoms with Crippen LogP contribution in [0.15, 0.2) is 53.4 Å². The van der Waals surface area contributed by atoms with E-state index in [2.05, 4.69) is 4.74 Å². The molecule has 2 rings (SSSR count). The van der Waals surface area contributed by atoms with Crippen LogP contribution in [0.1, 0.15) is 0 Å². The predicted molar refractivity (Wildman–Crippen MR) is 71.6 cm³/mol. The zero-order valence-corrected chi connectivity index (χ0v) is 11.4. The van der Waals surface area contributed by atoms with E-state index in [4.69, 9.17) is 0 Å². The van der Waals surface area contributed by atoms with Crippen LogP contribution in [0.4, 0.5) is 8.78 Å². The van der Waals surface area contributed by atoms with Gasteiger partial charge in [0, 0.05) is 11.8 Å². The highest BCUT2D eigenvalue weighted by Gasteiger charge is 2.13. The van der Waals surface area contributed by atoms with Crippen molar-refractivity contribution in [3.05, 3.63) is 48.5 Å². The van der Waals surface area contributed by atoms with E-state index in [0.717, 1.165) is 6.26 Å².